The topological polar surface area (TPSA) is 63.4 Å². The average molecular weight is 323 g/mol. The summed E-state index contributed by atoms with van der Waals surface area (Å²) in [5.74, 6) is 1.71. The van der Waals surface area contributed by atoms with E-state index in [0.717, 1.165) is 32.2 Å². The van der Waals surface area contributed by atoms with Crippen molar-refractivity contribution in [2.45, 2.75) is 51.0 Å². The SMILES string of the molecule is Cl.NC1CCCC2CN(S(=O)(=O)CC3CCCC3)CC12. The third-order valence-corrected chi connectivity index (χ3v) is 7.41. The molecule has 118 valence electrons. The highest BCUT2D eigenvalue weighted by atomic mass is 35.5. The van der Waals surface area contributed by atoms with E-state index < -0.39 is 10.0 Å². The van der Waals surface area contributed by atoms with E-state index in [2.05, 4.69) is 0 Å². The average Bonchev–Trinajstić information content (AvgIpc) is 2.97. The summed E-state index contributed by atoms with van der Waals surface area (Å²) >= 11 is 0. The van der Waals surface area contributed by atoms with Crippen LogP contribution in [0.15, 0.2) is 0 Å². The molecule has 0 aromatic rings. The lowest BCUT2D eigenvalue weighted by atomic mass is 9.78. The van der Waals surface area contributed by atoms with Crippen LogP contribution in [0.2, 0.25) is 0 Å². The second kappa shape index (κ2) is 6.51. The van der Waals surface area contributed by atoms with Gasteiger partial charge in [0.1, 0.15) is 0 Å². The van der Waals surface area contributed by atoms with Gasteiger partial charge in [-0.3, -0.25) is 0 Å². The second-order valence-electron chi connectivity index (χ2n) is 6.76. The molecule has 2 N–H and O–H groups in total. The third kappa shape index (κ3) is 3.32. The Balaban J connectivity index is 0.00000147. The molecule has 2 aliphatic carbocycles. The van der Waals surface area contributed by atoms with E-state index in [-0.39, 0.29) is 18.4 Å². The van der Waals surface area contributed by atoms with Crippen molar-refractivity contribution in [3.05, 3.63) is 0 Å². The number of fused-ring (bicyclic) bond motifs is 1. The first-order valence-electron chi connectivity index (χ1n) is 7.79. The molecule has 0 aromatic carbocycles. The Labute approximate surface area is 128 Å². The Bertz CT molecular complexity index is 423. The molecule has 6 heteroatoms. The van der Waals surface area contributed by atoms with Crippen molar-refractivity contribution in [3.8, 4) is 0 Å². The molecule has 3 atom stereocenters. The quantitative estimate of drug-likeness (QED) is 0.864. The predicted molar refractivity (Wildman–Crippen MR) is 83.4 cm³/mol. The van der Waals surface area contributed by atoms with Crippen molar-refractivity contribution in [3.63, 3.8) is 0 Å². The minimum atomic E-state index is -3.05. The van der Waals surface area contributed by atoms with E-state index >= 15 is 0 Å². The first-order valence-corrected chi connectivity index (χ1v) is 9.40. The molecular formula is C14H27ClN2O2S. The Morgan fingerprint density at radius 2 is 1.70 bits per heavy atom. The Kier molecular flexibility index (Phi) is 5.38. The van der Waals surface area contributed by atoms with E-state index in [1.165, 1.54) is 19.3 Å². The molecule has 3 rings (SSSR count). The fourth-order valence-electron chi connectivity index (χ4n) is 4.28. The Morgan fingerprint density at radius 3 is 2.35 bits per heavy atom. The molecular weight excluding hydrogens is 296 g/mol. The predicted octanol–water partition coefficient (Wildman–Crippen LogP) is 1.99. The van der Waals surface area contributed by atoms with Crippen molar-refractivity contribution in [1.82, 2.24) is 4.31 Å². The van der Waals surface area contributed by atoms with Gasteiger partial charge in [0.05, 0.1) is 5.75 Å². The largest absolute Gasteiger partial charge is 0.327 e. The van der Waals surface area contributed by atoms with Crippen LogP contribution in [0.25, 0.3) is 0 Å². The summed E-state index contributed by atoms with van der Waals surface area (Å²) in [6.07, 6.45) is 8.00. The van der Waals surface area contributed by atoms with E-state index in [4.69, 9.17) is 5.73 Å². The maximum atomic E-state index is 12.5. The Morgan fingerprint density at radius 1 is 1.00 bits per heavy atom. The molecule has 3 fully saturated rings. The summed E-state index contributed by atoms with van der Waals surface area (Å²) in [6, 6.07) is 0.213. The van der Waals surface area contributed by atoms with E-state index in [1.807, 2.05) is 0 Å². The highest BCUT2D eigenvalue weighted by Gasteiger charge is 2.43. The van der Waals surface area contributed by atoms with Gasteiger partial charge in [0, 0.05) is 19.1 Å². The molecule has 0 spiro atoms. The van der Waals surface area contributed by atoms with Gasteiger partial charge < -0.3 is 5.73 Å². The molecule has 20 heavy (non-hydrogen) atoms. The highest BCUT2D eigenvalue weighted by molar-refractivity contribution is 7.89. The van der Waals surface area contributed by atoms with Gasteiger partial charge in [-0.25, -0.2) is 12.7 Å². The molecule has 1 aliphatic heterocycles. The standard InChI is InChI=1S/C14H26N2O2S.ClH/c15-14-7-3-6-12-8-16(9-13(12)14)19(17,18)10-11-4-1-2-5-11;/h11-14H,1-10,15H2;1H. The number of nitrogens with two attached hydrogens (primary N) is 1. The minimum Gasteiger partial charge on any atom is -0.327 e. The van der Waals surface area contributed by atoms with E-state index in [0.29, 0.717) is 30.1 Å². The van der Waals surface area contributed by atoms with Crippen LogP contribution in [0.5, 0.6) is 0 Å². The Hall–Kier alpha value is 0.160. The number of nitrogens with zero attached hydrogens (tertiary/aromatic N) is 1. The van der Waals surface area contributed by atoms with Crippen LogP contribution in [0.4, 0.5) is 0 Å². The lowest BCUT2D eigenvalue weighted by Gasteiger charge is -2.29. The summed E-state index contributed by atoms with van der Waals surface area (Å²) in [7, 11) is -3.05. The van der Waals surface area contributed by atoms with Crippen LogP contribution in [-0.4, -0.2) is 37.6 Å². The number of sulfonamides is 1. The zero-order valence-electron chi connectivity index (χ0n) is 12.0. The number of hydrogen-bond donors (Lipinski definition) is 1. The van der Waals surface area contributed by atoms with Crippen molar-refractivity contribution >= 4 is 22.4 Å². The first kappa shape index (κ1) is 16.5. The van der Waals surface area contributed by atoms with Gasteiger partial charge in [-0.1, -0.05) is 19.3 Å². The van der Waals surface area contributed by atoms with Gasteiger partial charge in [0.25, 0.3) is 0 Å². The third-order valence-electron chi connectivity index (χ3n) is 5.43. The first-order chi connectivity index (χ1) is 9.06. The van der Waals surface area contributed by atoms with Crippen LogP contribution in [0, 0.1) is 17.8 Å². The van der Waals surface area contributed by atoms with Crippen LogP contribution in [0.3, 0.4) is 0 Å². The maximum absolute atomic E-state index is 12.5. The molecule has 1 saturated heterocycles. The van der Waals surface area contributed by atoms with Crippen molar-refractivity contribution in [2.75, 3.05) is 18.8 Å². The molecule has 0 amide bonds. The number of rotatable bonds is 3. The van der Waals surface area contributed by atoms with Crippen LogP contribution in [0.1, 0.15) is 44.9 Å². The monoisotopic (exact) mass is 322 g/mol. The van der Waals surface area contributed by atoms with Gasteiger partial charge in [0.15, 0.2) is 0 Å². The molecule has 0 radical (unpaired) electrons. The molecule has 4 nitrogen and oxygen atoms in total. The highest BCUT2D eigenvalue weighted by Crippen LogP contribution is 2.37. The van der Waals surface area contributed by atoms with Crippen molar-refractivity contribution in [1.29, 1.82) is 0 Å². The zero-order chi connectivity index (χ0) is 13.5. The fourth-order valence-corrected chi connectivity index (χ4v) is 6.24. The molecule has 1 heterocycles. The summed E-state index contributed by atoms with van der Waals surface area (Å²) in [4.78, 5) is 0. The van der Waals surface area contributed by atoms with Crippen molar-refractivity contribution in [2.24, 2.45) is 23.5 Å². The summed E-state index contributed by atoms with van der Waals surface area (Å²) in [6.45, 7) is 1.41. The van der Waals surface area contributed by atoms with E-state index in [1.54, 1.807) is 4.31 Å². The van der Waals surface area contributed by atoms with E-state index in [9.17, 15) is 8.42 Å². The van der Waals surface area contributed by atoms with Crippen LogP contribution in [-0.2, 0) is 10.0 Å². The molecule has 0 bridgehead atoms. The van der Waals surface area contributed by atoms with Gasteiger partial charge >= 0.3 is 0 Å². The smallest absolute Gasteiger partial charge is 0.214 e. The van der Waals surface area contributed by atoms with Gasteiger partial charge in [-0.15, -0.1) is 12.4 Å². The van der Waals surface area contributed by atoms with Crippen LogP contribution < -0.4 is 5.73 Å². The fraction of sp³-hybridized carbons (Fsp3) is 1.00. The lowest BCUT2D eigenvalue weighted by molar-refractivity contribution is 0.260. The maximum Gasteiger partial charge on any atom is 0.214 e. The molecule has 3 aliphatic rings. The second-order valence-corrected chi connectivity index (χ2v) is 8.78. The lowest BCUT2D eigenvalue weighted by Crippen LogP contribution is -2.39. The minimum absolute atomic E-state index is 0. The molecule has 2 saturated carbocycles. The van der Waals surface area contributed by atoms with Gasteiger partial charge in [-0.05, 0) is 43.4 Å². The normalized spacial score (nSPS) is 35.8. The summed E-state index contributed by atoms with van der Waals surface area (Å²) in [5, 5.41) is 0. The summed E-state index contributed by atoms with van der Waals surface area (Å²) in [5.41, 5.74) is 6.17. The van der Waals surface area contributed by atoms with Crippen LogP contribution >= 0.6 is 12.4 Å². The summed E-state index contributed by atoms with van der Waals surface area (Å²) < 4.78 is 26.8. The number of halogens is 1. The van der Waals surface area contributed by atoms with Gasteiger partial charge in [-0.2, -0.15) is 0 Å². The molecule has 0 aromatic heterocycles. The number of hydrogen-bond acceptors (Lipinski definition) is 3. The van der Waals surface area contributed by atoms with Gasteiger partial charge in [0.2, 0.25) is 10.0 Å². The molecule has 3 unspecified atom stereocenters. The zero-order valence-corrected chi connectivity index (χ0v) is 13.7. The van der Waals surface area contributed by atoms with Crippen molar-refractivity contribution < 1.29 is 8.42 Å².